The van der Waals surface area contributed by atoms with E-state index < -0.39 is 0 Å². The first-order chi connectivity index (χ1) is 14.0. The highest BCUT2D eigenvalue weighted by molar-refractivity contribution is 6.04. The van der Waals surface area contributed by atoms with Gasteiger partial charge in [-0.2, -0.15) is 0 Å². The van der Waals surface area contributed by atoms with Gasteiger partial charge in [0.25, 0.3) is 5.91 Å². The summed E-state index contributed by atoms with van der Waals surface area (Å²) in [7, 11) is 0. The highest BCUT2D eigenvalue weighted by Gasteiger charge is 2.29. The van der Waals surface area contributed by atoms with E-state index in [9.17, 15) is 14.4 Å². The molecule has 1 aliphatic rings. The zero-order chi connectivity index (χ0) is 20.8. The van der Waals surface area contributed by atoms with Crippen LogP contribution in [0.4, 0.5) is 11.4 Å². The van der Waals surface area contributed by atoms with E-state index in [-0.39, 0.29) is 23.6 Å². The monoisotopic (exact) mass is 393 g/mol. The fraction of sp³-hybridized carbons (Fsp3) is 0.348. The zero-order valence-corrected chi connectivity index (χ0v) is 16.9. The summed E-state index contributed by atoms with van der Waals surface area (Å²) in [6.45, 7) is 5.10. The van der Waals surface area contributed by atoms with Gasteiger partial charge in [0, 0.05) is 36.4 Å². The van der Waals surface area contributed by atoms with Gasteiger partial charge >= 0.3 is 0 Å². The minimum Gasteiger partial charge on any atom is -0.342 e. The summed E-state index contributed by atoms with van der Waals surface area (Å²) in [5, 5.41) is 5.79. The Kier molecular flexibility index (Phi) is 6.65. The van der Waals surface area contributed by atoms with Gasteiger partial charge in [0.2, 0.25) is 11.8 Å². The number of carbonyl (C=O) groups is 3. The average molecular weight is 393 g/mol. The van der Waals surface area contributed by atoms with Crippen molar-refractivity contribution in [3.63, 3.8) is 0 Å². The molecule has 0 bridgehead atoms. The first kappa shape index (κ1) is 20.6. The summed E-state index contributed by atoms with van der Waals surface area (Å²) in [6, 6.07) is 14.5. The average Bonchev–Trinajstić information content (AvgIpc) is 2.70. The van der Waals surface area contributed by atoms with Crippen LogP contribution in [0.2, 0.25) is 0 Å². The van der Waals surface area contributed by atoms with E-state index in [1.807, 2.05) is 32.0 Å². The maximum Gasteiger partial charge on any atom is 0.255 e. The molecule has 1 atom stereocenters. The minimum atomic E-state index is -0.218. The second-order valence-electron chi connectivity index (χ2n) is 7.47. The van der Waals surface area contributed by atoms with Crippen molar-refractivity contribution in [3.8, 4) is 0 Å². The first-order valence-electron chi connectivity index (χ1n) is 10.0. The number of aryl methyl sites for hydroxylation is 1. The number of hydrogen-bond donors (Lipinski definition) is 2. The van der Waals surface area contributed by atoms with Crippen molar-refractivity contribution in [2.24, 2.45) is 5.92 Å². The van der Waals surface area contributed by atoms with Gasteiger partial charge in [-0.25, -0.2) is 0 Å². The maximum atomic E-state index is 12.7. The smallest absolute Gasteiger partial charge is 0.255 e. The lowest BCUT2D eigenvalue weighted by Crippen LogP contribution is -2.44. The lowest BCUT2D eigenvalue weighted by atomic mass is 9.96. The van der Waals surface area contributed by atoms with Crippen molar-refractivity contribution in [2.75, 3.05) is 23.7 Å². The van der Waals surface area contributed by atoms with Crippen LogP contribution in [0.3, 0.4) is 0 Å². The molecule has 0 unspecified atom stereocenters. The largest absolute Gasteiger partial charge is 0.342 e. The van der Waals surface area contributed by atoms with Crippen LogP contribution in [0.25, 0.3) is 0 Å². The van der Waals surface area contributed by atoms with Crippen LogP contribution < -0.4 is 10.6 Å². The van der Waals surface area contributed by atoms with Gasteiger partial charge in [0.1, 0.15) is 0 Å². The van der Waals surface area contributed by atoms with E-state index in [4.69, 9.17) is 0 Å². The predicted molar refractivity (Wildman–Crippen MR) is 114 cm³/mol. The number of hydrogen-bond acceptors (Lipinski definition) is 3. The van der Waals surface area contributed by atoms with Gasteiger partial charge in [0.15, 0.2) is 0 Å². The molecule has 2 aromatic rings. The molecule has 1 heterocycles. The maximum absolute atomic E-state index is 12.7. The summed E-state index contributed by atoms with van der Waals surface area (Å²) in [4.78, 5) is 38.8. The Morgan fingerprint density at radius 3 is 2.52 bits per heavy atom. The van der Waals surface area contributed by atoms with Gasteiger partial charge < -0.3 is 15.5 Å². The van der Waals surface area contributed by atoms with Crippen molar-refractivity contribution in [2.45, 2.75) is 33.1 Å². The summed E-state index contributed by atoms with van der Waals surface area (Å²) >= 11 is 0. The van der Waals surface area contributed by atoms with Crippen molar-refractivity contribution < 1.29 is 14.4 Å². The van der Waals surface area contributed by atoms with Gasteiger partial charge in [0.05, 0.1) is 5.92 Å². The Morgan fingerprint density at radius 1 is 1.07 bits per heavy atom. The van der Waals surface area contributed by atoms with E-state index in [2.05, 4.69) is 10.6 Å². The molecule has 152 valence electrons. The molecule has 0 radical (unpaired) electrons. The lowest BCUT2D eigenvalue weighted by Gasteiger charge is -2.31. The van der Waals surface area contributed by atoms with Crippen LogP contribution in [-0.4, -0.2) is 35.7 Å². The molecule has 2 N–H and O–H groups in total. The molecule has 29 heavy (non-hydrogen) atoms. The molecule has 0 aromatic heterocycles. The van der Waals surface area contributed by atoms with Gasteiger partial charge in [-0.05, 0) is 50.1 Å². The molecule has 0 aliphatic carbocycles. The van der Waals surface area contributed by atoms with Crippen molar-refractivity contribution in [1.82, 2.24) is 4.90 Å². The summed E-state index contributed by atoms with van der Waals surface area (Å²) in [6.07, 6.45) is 1.85. The highest BCUT2D eigenvalue weighted by atomic mass is 16.2. The fourth-order valence-electron chi connectivity index (χ4n) is 3.52. The SMILES string of the molecule is CCCN1C[C@@H](C(=O)Nc2cccc(NC(=O)c3cccc(C)c3)c2)CCC1=O. The van der Waals surface area contributed by atoms with Gasteiger partial charge in [-0.1, -0.05) is 30.7 Å². The minimum absolute atomic E-state index is 0.0965. The van der Waals surface area contributed by atoms with Gasteiger partial charge in [-0.3, -0.25) is 14.4 Å². The van der Waals surface area contributed by atoms with E-state index in [1.54, 1.807) is 35.2 Å². The van der Waals surface area contributed by atoms with E-state index in [0.29, 0.717) is 42.9 Å². The molecule has 1 saturated heterocycles. The summed E-state index contributed by atoms with van der Waals surface area (Å²) in [5.41, 5.74) is 2.83. The molecule has 0 spiro atoms. The van der Waals surface area contributed by atoms with Crippen LogP contribution >= 0.6 is 0 Å². The number of benzene rings is 2. The Bertz CT molecular complexity index is 910. The second kappa shape index (κ2) is 9.37. The quantitative estimate of drug-likeness (QED) is 0.783. The Hall–Kier alpha value is -3.15. The third kappa shape index (κ3) is 5.44. The Morgan fingerprint density at radius 2 is 1.79 bits per heavy atom. The van der Waals surface area contributed by atoms with Crippen molar-refractivity contribution in [1.29, 1.82) is 0 Å². The fourth-order valence-corrected chi connectivity index (χ4v) is 3.52. The molecule has 2 aromatic carbocycles. The van der Waals surface area contributed by atoms with Gasteiger partial charge in [-0.15, -0.1) is 0 Å². The third-order valence-electron chi connectivity index (χ3n) is 5.03. The van der Waals surface area contributed by atoms with E-state index in [1.165, 1.54) is 0 Å². The molecular formula is C23H27N3O3. The van der Waals surface area contributed by atoms with Crippen LogP contribution in [0.5, 0.6) is 0 Å². The number of piperidine rings is 1. The Balaban J connectivity index is 1.63. The summed E-state index contributed by atoms with van der Waals surface area (Å²) < 4.78 is 0. The normalized spacial score (nSPS) is 16.4. The molecule has 3 amide bonds. The molecular weight excluding hydrogens is 366 g/mol. The molecule has 6 heteroatoms. The van der Waals surface area contributed by atoms with Crippen LogP contribution in [-0.2, 0) is 9.59 Å². The van der Waals surface area contributed by atoms with Crippen LogP contribution in [0.1, 0.15) is 42.1 Å². The predicted octanol–water partition coefficient (Wildman–Crippen LogP) is 3.83. The zero-order valence-electron chi connectivity index (χ0n) is 16.9. The molecule has 0 saturated carbocycles. The topological polar surface area (TPSA) is 78.5 Å². The third-order valence-corrected chi connectivity index (χ3v) is 5.03. The standard InChI is InChI=1S/C23H27N3O3/c1-3-12-26-15-18(10-11-21(26)27)23(29)25-20-9-5-8-19(14-20)24-22(28)17-7-4-6-16(2)13-17/h4-9,13-14,18H,3,10-12,15H2,1-2H3,(H,24,28)(H,25,29)/t18-/m0/s1. The number of rotatable bonds is 6. The van der Waals surface area contributed by atoms with E-state index >= 15 is 0 Å². The number of carbonyl (C=O) groups excluding carboxylic acids is 3. The van der Waals surface area contributed by atoms with Crippen molar-refractivity contribution in [3.05, 3.63) is 59.7 Å². The second-order valence-corrected chi connectivity index (χ2v) is 7.47. The number of nitrogens with one attached hydrogen (secondary N) is 2. The number of anilines is 2. The number of amides is 3. The van der Waals surface area contributed by atoms with Crippen molar-refractivity contribution >= 4 is 29.1 Å². The molecule has 1 aliphatic heterocycles. The molecule has 1 fully saturated rings. The van der Waals surface area contributed by atoms with Crippen LogP contribution in [0.15, 0.2) is 48.5 Å². The van der Waals surface area contributed by atoms with E-state index in [0.717, 1.165) is 12.0 Å². The number of nitrogens with zero attached hydrogens (tertiary/aromatic N) is 1. The van der Waals surface area contributed by atoms with Crippen LogP contribution in [0, 0.1) is 12.8 Å². The molecule has 6 nitrogen and oxygen atoms in total. The molecule has 3 rings (SSSR count). The Labute approximate surface area is 171 Å². The lowest BCUT2D eigenvalue weighted by molar-refractivity contribution is -0.137. The number of likely N-dealkylation sites (tertiary alicyclic amines) is 1. The summed E-state index contributed by atoms with van der Waals surface area (Å²) in [5.74, 6) is -0.388. The first-order valence-corrected chi connectivity index (χ1v) is 10.0. The highest BCUT2D eigenvalue weighted by Crippen LogP contribution is 2.22.